The molecule has 0 aliphatic heterocycles. The van der Waals surface area contributed by atoms with E-state index in [1.165, 1.54) is 12.4 Å². The number of fused-ring (bicyclic) bond motifs is 1. The zero-order chi connectivity index (χ0) is 20.5. The zero-order valence-corrected chi connectivity index (χ0v) is 16.7. The Bertz CT molecular complexity index is 1080. The monoisotopic (exact) mass is 377 g/mol. The number of halogens is 1. The Kier molecular flexibility index (Phi) is 5.33. The number of hydrogen-bond acceptors (Lipinski definition) is 3. The minimum atomic E-state index is -0.547. The number of rotatable bonds is 6. The third kappa shape index (κ3) is 3.82. The van der Waals surface area contributed by atoms with Crippen molar-refractivity contribution in [2.24, 2.45) is 0 Å². The summed E-state index contributed by atoms with van der Waals surface area (Å²) in [5.41, 5.74) is 3.49. The average molecular weight is 377 g/mol. The van der Waals surface area contributed by atoms with Crippen molar-refractivity contribution in [2.45, 2.75) is 52.0 Å². The van der Waals surface area contributed by atoms with E-state index in [2.05, 4.69) is 11.1 Å². The molecule has 1 aromatic heterocycles. The third-order valence-electron chi connectivity index (χ3n) is 5.27. The van der Waals surface area contributed by atoms with Crippen molar-refractivity contribution in [1.82, 2.24) is 9.55 Å². The normalized spacial score (nSPS) is 12.7. The molecule has 3 rings (SSSR count). The van der Waals surface area contributed by atoms with Crippen LogP contribution >= 0.6 is 0 Å². The lowest BCUT2D eigenvalue weighted by molar-refractivity contribution is -0.119. The fourth-order valence-corrected chi connectivity index (χ4v) is 3.59. The van der Waals surface area contributed by atoms with Gasteiger partial charge in [-0.15, -0.1) is 0 Å². The van der Waals surface area contributed by atoms with Crippen LogP contribution in [0.25, 0.3) is 11.0 Å². The lowest BCUT2D eigenvalue weighted by Gasteiger charge is -2.20. The molecule has 3 aromatic rings. The van der Waals surface area contributed by atoms with Gasteiger partial charge in [0, 0.05) is 6.42 Å². The second-order valence-corrected chi connectivity index (χ2v) is 7.93. The molecule has 0 aliphatic rings. The number of para-hydroxylation sites is 1. The lowest BCUT2D eigenvalue weighted by Crippen LogP contribution is -2.15. The number of benzene rings is 2. The van der Waals surface area contributed by atoms with Crippen LogP contribution in [0.15, 0.2) is 42.7 Å². The topological polar surface area (TPSA) is 58.7 Å². The minimum Gasteiger partial charge on any atom is -0.321 e. The van der Waals surface area contributed by atoms with Crippen LogP contribution in [0.2, 0.25) is 0 Å². The Morgan fingerprint density at radius 3 is 2.75 bits per heavy atom. The van der Waals surface area contributed by atoms with Gasteiger partial charge in [-0.2, -0.15) is 5.26 Å². The van der Waals surface area contributed by atoms with Crippen LogP contribution in [-0.4, -0.2) is 15.3 Å². The van der Waals surface area contributed by atoms with Gasteiger partial charge in [-0.1, -0.05) is 31.2 Å². The second kappa shape index (κ2) is 7.55. The van der Waals surface area contributed by atoms with Crippen LogP contribution in [0, 0.1) is 24.1 Å². The summed E-state index contributed by atoms with van der Waals surface area (Å²) in [4.78, 5) is 16.8. The Hall–Kier alpha value is -3.00. The Labute approximate surface area is 164 Å². The van der Waals surface area contributed by atoms with E-state index >= 15 is 0 Å². The molecule has 5 heteroatoms. The number of aromatic nitrogens is 2. The Morgan fingerprint density at radius 2 is 2.07 bits per heavy atom. The van der Waals surface area contributed by atoms with Gasteiger partial charge in [0.25, 0.3) is 0 Å². The van der Waals surface area contributed by atoms with E-state index < -0.39 is 5.41 Å². The van der Waals surface area contributed by atoms with Crippen molar-refractivity contribution >= 4 is 16.8 Å². The molecule has 4 nitrogen and oxygen atoms in total. The van der Waals surface area contributed by atoms with E-state index in [0.717, 1.165) is 16.7 Å². The molecule has 0 radical (unpaired) electrons. The second-order valence-electron chi connectivity index (χ2n) is 7.93. The van der Waals surface area contributed by atoms with Crippen LogP contribution in [0.4, 0.5) is 4.39 Å². The van der Waals surface area contributed by atoms with E-state index in [0.29, 0.717) is 17.5 Å². The predicted octanol–water partition coefficient (Wildman–Crippen LogP) is 5.05. The number of imidazole rings is 1. The number of Topliss-reactive ketones (excluding diaryl/α,β-unsaturated/α-hetero) is 1. The maximum absolute atomic E-state index is 14.1. The van der Waals surface area contributed by atoms with Gasteiger partial charge < -0.3 is 4.57 Å². The number of nitrogens with zero attached hydrogens (tertiary/aromatic N) is 3. The molecule has 0 saturated heterocycles. The van der Waals surface area contributed by atoms with Gasteiger partial charge in [0.1, 0.15) is 11.3 Å². The Balaban J connectivity index is 1.75. The number of carbonyl (C=O) groups excluding carboxylic acids is 1. The SMILES string of the molecule is Cc1cc(C(C)(C)C#N)ccc1C(C)CC(=O)Cn1cnc2cccc(F)c21. The summed E-state index contributed by atoms with van der Waals surface area (Å²) in [5, 5.41) is 9.32. The third-order valence-corrected chi connectivity index (χ3v) is 5.27. The maximum atomic E-state index is 14.1. The van der Waals surface area contributed by atoms with Crippen molar-refractivity contribution in [2.75, 3.05) is 0 Å². The molecule has 144 valence electrons. The first-order valence-electron chi connectivity index (χ1n) is 9.36. The lowest BCUT2D eigenvalue weighted by atomic mass is 9.82. The van der Waals surface area contributed by atoms with Crippen LogP contribution in [-0.2, 0) is 16.8 Å². The summed E-state index contributed by atoms with van der Waals surface area (Å²) in [7, 11) is 0. The predicted molar refractivity (Wildman–Crippen MR) is 108 cm³/mol. The van der Waals surface area contributed by atoms with Crippen molar-refractivity contribution in [3.05, 3.63) is 65.2 Å². The molecule has 28 heavy (non-hydrogen) atoms. The highest BCUT2D eigenvalue weighted by Gasteiger charge is 2.22. The first kappa shape index (κ1) is 19.8. The van der Waals surface area contributed by atoms with E-state index in [9.17, 15) is 14.4 Å². The summed E-state index contributed by atoms with van der Waals surface area (Å²) < 4.78 is 15.7. The standard InChI is InChI=1S/C23H24FN3O/c1-15-10-17(23(3,4)13-25)8-9-19(15)16(2)11-18(28)12-27-14-26-21-7-5-6-20(24)22(21)27/h5-10,14,16H,11-12H2,1-4H3. The molecule has 0 spiro atoms. The molecule has 2 aromatic carbocycles. The molecular weight excluding hydrogens is 353 g/mol. The van der Waals surface area contributed by atoms with Gasteiger partial charge >= 0.3 is 0 Å². The smallest absolute Gasteiger partial charge is 0.153 e. The van der Waals surface area contributed by atoms with Gasteiger partial charge in [0.2, 0.25) is 0 Å². The van der Waals surface area contributed by atoms with Gasteiger partial charge in [-0.3, -0.25) is 4.79 Å². The van der Waals surface area contributed by atoms with Crippen molar-refractivity contribution < 1.29 is 9.18 Å². The van der Waals surface area contributed by atoms with Crippen LogP contribution < -0.4 is 0 Å². The van der Waals surface area contributed by atoms with Crippen LogP contribution in [0.3, 0.4) is 0 Å². The molecule has 0 fully saturated rings. The van der Waals surface area contributed by atoms with Gasteiger partial charge in [-0.05, 0) is 55.5 Å². The van der Waals surface area contributed by atoms with Crippen LogP contribution in [0.5, 0.6) is 0 Å². The molecule has 0 saturated carbocycles. The summed E-state index contributed by atoms with van der Waals surface area (Å²) in [6.45, 7) is 7.90. The molecule has 0 N–H and O–H groups in total. The quantitative estimate of drug-likeness (QED) is 0.604. The number of ketones is 1. The van der Waals surface area contributed by atoms with Crippen LogP contribution in [0.1, 0.15) is 49.8 Å². The van der Waals surface area contributed by atoms with Gasteiger partial charge in [0.15, 0.2) is 5.78 Å². The first-order chi connectivity index (χ1) is 13.2. The highest BCUT2D eigenvalue weighted by Crippen LogP contribution is 2.29. The van der Waals surface area contributed by atoms with E-state index in [-0.39, 0.29) is 24.1 Å². The minimum absolute atomic E-state index is 0.0240. The number of nitriles is 1. The molecule has 0 amide bonds. The zero-order valence-electron chi connectivity index (χ0n) is 16.7. The highest BCUT2D eigenvalue weighted by atomic mass is 19.1. The van der Waals surface area contributed by atoms with E-state index in [4.69, 9.17) is 0 Å². The summed E-state index contributed by atoms with van der Waals surface area (Å²) >= 11 is 0. The highest BCUT2D eigenvalue weighted by molar-refractivity contribution is 5.82. The number of carbonyl (C=O) groups is 1. The fourth-order valence-electron chi connectivity index (χ4n) is 3.59. The summed E-state index contributed by atoms with van der Waals surface area (Å²) in [5.74, 6) is -0.315. The fraction of sp³-hybridized carbons (Fsp3) is 0.348. The van der Waals surface area contributed by atoms with Gasteiger partial charge in [-0.25, -0.2) is 9.37 Å². The molecule has 0 aliphatic carbocycles. The first-order valence-corrected chi connectivity index (χ1v) is 9.36. The largest absolute Gasteiger partial charge is 0.321 e. The van der Waals surface area contributed by atoms with Crippen molar-refractivity contribution in [3.63, 3.8) is 0 Å². The van der Waals surface area contributed by atoms with E-state index in [1.807, 2.05) is 45.9 Å². The maximum Gasteiger partial charge on any atom is 0.153 e. The molecular formula is C23H24FN3O. The molecule has 0 bridgehead atoms. The molecule has 1 atom stereocenters. The number of hydrogen-bond donors (Lipinski definition) is 0. The molecule has 1 unspecified atom stereocenters. The summed E-state index contributed by atoms with van der Waals surface area (Å²) in [6.07, 6.45) is 1.87. The Morgan fingerprint density at radius 1 is 1.32 bits per heavy atom. The summed E-state index contributed by atoms with van der Waals surface area (Å²) in [6, 6.07) is 13.0. The van der Waals surface area contributed by atoms with E-state index in [1.54, 1.807) is 16.7 Å². The van der Waals surface area contributed by atoms with Crippen molar-refractivity contribution in [3.8, 4) is 6.07 Å². The van der Waals surface area contributed by atoms with Crippen molar-refractivity contribution in [1.29, 1.82) is 5.26 Å². The average Bonchev–Trinajstić information content (AvgIpc) is 3.05. The van der Waals surface area contributed by atoms with Gasteiger partial charge in [0.05, 0.1) is 29.9 Å². The molecule has 1 heterocycles. The number of aryl methyl sites for hydroxylation is 1.